The number of nitrogens with two attached hydrogens (primary N) is 1. The molecule has 5 heteroatoms. The van der Waals surface area contributed by atoms with E-state index in [4.69, 9.17) is 10.7 Å². The van der Waals surface area contributed by atoms with Crippen LogP contribution in [0.25, 0.3) is 11.0 Å². The molecule has 5 nitrogen and oxygen atoms in total. The first-order chi connectivity index (χ1) is 13.1. The number of hydrogen-bond donors (Lipinski definition) is 2. The summed E-state index contributed by atoms with van der Waals surface area (Å²) < 4.78 is 0. The predicted octanol–water partition coefficient (Wildman–Crippen LogP) is 3.39. The molecule has 0 spiro atoms. The van der Waals surface area contributed by atoms with E-state index < -0.39 is 5.91 Å². The first-order valence-electron chi connectivity index (χ1n) is 9.66. The van der Waals surface area contributed by atoms with Crippen molar-refractivity contribution >= 4 is 16.9 Å². The normalized spacial score (nSPS) is 16.0. The van der Waals surface area contributed by atoms with Gasteiger partial charge in [0, 0.05) is 12.5 Å². The number of hydrogen-bond acceptors (Lipinski definition) is 3. The van der Waals surface area contributed by atoms with Crippen molar-refractivity contribution in [2.75, 3.05) is 19.6 Å². The van der Waals surface area contributed by atoms with E-state index in [9.17, 15) is 4.79 Å². The minimum absolute atomic E-state index is 0.411. The number of benzene rings is 2. The fourth-order valence-corrected chi connectivity index (χ4v) is 3.92. The van der Waals surface area contributed by atoms with Gasteiger partial charge in [0.1, 0.15) is 11.3 Å². The summed E-state index contributed by atoms with van der Waals surface area (Å²) in [6.45, 7) is 5.38. The fourth-order valence-electron chi connectivity index (χ4n) is 3.92. The number of piperidine rings is 1. The summed E-state index contributed by atoms with van der Waals surface area (Å²) in [4.78, 5) is 22.3. The van der Waals surface area contributed by atoms with Gasteiger partial charge < -0.3 is 15.6 Å². The maximum absolute atomic E-state index is 11.6. The number of nitrogens with zero attached hydrogens (tertiary/aromatic N) is 2. The summed E-state index contributed by atoms with van der Waals surface area (Å²) in [5.74, 6) is 0.968. The molecule has 0 bridgehead atoms. The van der Waals surface area contributed by atoms with Crippen LogP contribution in [0, 0.1) is 6.92 Å². The molecule has 0 atom stereocenters. The molecule has 140 valence electrons. The first-order valence-corrected chi connectivity index (χ1v) is 9.66. The Morgan fingerprint density at radius 2 is 1.93 bits per heavy atom. The van der Waals surface area contributed by atoms with Crippen molar-refractivity contribution in [2.24, 2.45) is 5.73 Å². The molecule has 2 aromatic carbocycles. The van der Waals surface area contributed by atoms with Gasteiger partial charge in [-0.3, -0.25) is 4.79 Å². The number of aromatic nitrogens is 2. The molecule has 0 radical (unpaired) electrons. The van der Waals surface area contributed by atoms with Gasteiger partial charge in [0.25, 0.3) is 5.91 Å². The van der Waals surface area contributed by atoms with Gasteiger partial charge in [0.15, 0.2) is 0 Å². The molecule has 1 amide bonds. The number of aryl methyl sites for hydroxylation is 1. The highest BCUT2D eigenvalue weighted by molar-refractivity contribution is 6.04. The molecule has 3 N–H and O–H groups in total. The zero-order chi connectivity index (χ0) is 18.8. The molecule has 1 aliphatic rings. The number of H-pyrrole nitrogens is 1. The molecule has 0 aliphatic carbocycles. The third-order valence-corrected chi connectivity index (χ3v) is 5.61. The molecular formula is C22H26N4O. The van der Waals surface area contributed by atoms with Crippen molar-refractivity contribution in [3.63, 3.8) is 0 Å². The molecule has 1 aromatic heterocycles. The highest BCUT2D eigenvalue weighted by Gasteiger charge is 2.23. The molecule has 1 saturated heterocycles. The Labute approximate surface area is 159 Å². The van der Waals surface area contributed by atoms with Crippen LogP contribution in [-0.4, -0.2) is 40.4 Å². The maximum atomic E-state index is 11.6. The topological polar surface area (TPSA) is 75.0 Å². The van der Waals surface area contributed by atoms with Crippen LogP contribution < -0.4 is 5.73 Å². The Kier molecular flexibility index (Phi) is 4.94. The van der Waals surface area contributed by atoms with Gasteiger partial charge in [-0.25, -0.2) is 4.98 Å². The van der Waals surface area contributed by atoms with E-state index in [0.29, 0.717) is 17.0 Å². The van der Waals surface area contributed by atoms with Crippen LogP contribution in [0.2, 0.25) is 0 Å². The van der Waals surface area contributed by atoms with Crippen LogP contribution in [0.5, 0.6) is 0 Å². The number of rotatable bonds is 5. The molecule has 0 saturated carbocycles. The van der Waals surface area contributed by atoms with E-state index in [0.717, 1.165) is 50.2 Å². The van der Waals surface area contributed by atoms with Crippen molar-refractivity contribution in [2.45, 2.75) is 32.1 Å². The van der Waals surface area contributed by atoms with E-state index >= 15 is 0 Å². The number of carbonyl (C=O) groups is 1. The highest BCUT2D eigenvalue weighted by atomic mass is 16.1. The molecule has 1 aliphatic heterocycles. The molecule has 4 rings (SSSR count). The number of primary amides is 1. The first kappa shape index (κ1) is 17.7. The van der Waals surface area contributed by atoms with E-state index in [1.54, 1.807) is 6.07 Å². The highest BCUT2D eigenvalue weighted by Crippen LogP contribution is 2.28. The van der Waals surface area contributed by atoms with Crippen molar-refractivity contribution in [1.82, 2.24) is 14.9 Å². The molecule has 2 heterocycles. The molecule has 1 fully saturated rings. The summed E-state index contributed by atoms with van der Waals surface area (Å²) in [5.41, 5.74) is 10.3. The van der Waals surface area contributed by atoms with E-state index in [1.165, 1.54) is 11.1 Å². The van der Waals surface area contributed by atoms with Crippen LogP contribution in [0.15, 0.2) is 42.5 Å². The molecule has 3 aromatic rings. The van der Waals surface area contributed by atoms with Crippen molar-refractivity contribution < 1.29 is 4.79 Å². The van der Waals surface area contributed by atoms with Crippen LogP contribution in [-0.2, 0) is 6.42 Å². The minimum Gasteiger partial charge on any atom is -0.366 e. The Bertz CT molecular complexity index is 937. The average Bonchev–Trinajstić information content (AvgIpc) is 3.12. The van der Waals surface area contributed by atoms with E-state index in [-0.39, 0.29) is 0 Å². The van der Waals surface area contributed by atoms with Crippen molar-refractivity contribution in [1.29, 1.82) is 0 Å². The fraction of sp³-hybridized carbons (Fsp3) is 0.364. The smallest absolute Gasteiger partial charge is 0.250 e. The van der Waals surface area contributed by atoms with Gasteiger partial charge in [-0.05, 0) is 57.0 Å². The van der Waals surface area contributed by atoms with E-state index in [2.05, 4.69) is 41.1 Å². The number of para-hydroxylation sites is 1. The van der Waals surface area contributed by atoms with Crippen molar-refractivity contribution in [3.8, 4) is 0 Å². The average molecular weight is 362 g/mol. The zero-order valence-corrected chi connectivity index (χ0v) is 15.7. The Morgan fingerprint density at radius 3 is 2.63 bits per heavy atom. The second kappa shape index (κ2) is 7.53. The number of imidazole rings is 1. The predicted molar refractivity (Wildman–Crippen MR) is 108 cm³/mol. The third-order valence-electron chi connectivity index (χ3n) is 5.61. The number of fused-ring (bicyclic) bond motifs is 1. The third kappa shape index (κ3) is 3.88. The van der Waals surface area contributed by atoms with Gasteiger partial charge in [0.2, 0.25) is 0 Å². The zero-order valence-electron chi connectivity index (χ0n) is 15.7. The molecule has 0 unspecified atom stereocenters. The monoisotopic (exact) mass is 362 g/mol. The van der Waals surface area contributed by atoms with Gasteiger partial charge in [0.05, 0.1) is 11.1 Å². The largest absolute Gasteiger partial charge is 0.366 e. The van der Waals surface area contributed by atoms with Crippen molar-refractivity contribution in [3.05, 3.63) is 65.0 Å². The lowest BCUT2D eigenvalue weighted by Crippen LogP contribution is -2.34. The van der Waals surface area contributed by atoms with Crippen LogP contribution in [0.3, 0.4) is 0 Å². The SMILES string of the molecule is Cc1ccc(CCN2CCC(c3nc4c(C(N)=O)cccc4[nH]3)CC2)cc1. The Balaban J connectivity index is 1.37. The standard InChI is InChI=1S/C22H26N4O/c1-15-5-7-16(8-6-15)9-12-26-13-10-17(11-14-26)22-24-19-4-2-3-18(21(23)27)20(19)25-22/h2-8,17H,9-14H2,1H3,(H2,23,27)(H,24,25). The number of nitrogens with one attached hydrogen (secondary N) is 1. The maximum Gasteiger partial charge on any atom is 0.250 e. The summed E-state index contributed by atoms with van der Waals surface area (Å²) >= 11 is 0. The van der Waals surface area contributed by atoms with Crippen LogP contribution in [0.1, 0.15) is 46.1 Å². The summed E-state index contributed by atoms with van der Waals surface area (Å²) in [6.07, 6.45) is 3.26. The quantitative estimate of drug-likeness (QED) is 0.730. The summed E-state index contributed by atoms with van der Waals surface area (Å²) in [5, 5.41) is 0. The van der Waals surface area contributed by atoms with Gasteiger partial charge >= 0.3 is 0 Å². The second-order valence-electron chi connectivity index (χ2n) is 7.54. The number of aromatic amines is 1. The van der Waals surface area contributed by atoms with Gasteiger partial charge in [-0.2, -0.15) is 0 Å². The summed E-state index contributed by atoms with van der Waals surface area (Å²) in [6, 6.07) is 14.4. The number of carbonyl (C=O) groups excluding carboxylic acids is 1. The lowest BCUT2D eigenvalue weighted by molar-refractivity contribution is 0.100. The Morgan fingerprint density at radius 1 is 1.19 bits per heavy atom. The summed E-state index contributed by atoms with van der Waals surface area (Å²) in [7, 11) is 0. The molecule has 27 heavy (non-hydrogen) atoms. The number of amides is 1. The Hall–Kier alpha value is -2.66. The van der Waals surface area contributed by atoms with Gasteiger partial charge in [-0.15, -0.1) is 0 Å². The number of likely N-dealkylation sites (tertiary alicyclic amines) is 1. The second-order valence-corrected chi connectivity index (χ2v) is 7.54. The minimum atomic E-state index is -0.426. The van der Waals surface area contributed by atoms with Crippen LogP contribution >= 0.6 is 0 Å². The lowest BCUT2D eigenvalue weighted by Gasteiger charge is -2.31. The van der Waals surface area contributed by atoms with E-state index in [1.807, 2.05) is 12.1 Å². The van der Waals surface area contributed by atoms with Crippen LogP contribution in [0.4, 0.5) is 0 Å². The lowest BCUT2D eigenvalue weighted by atomic mass is 9.96. The van der Waals surface area contributed by atoms with Gasteiger partial charge in [-0.1, -0.05) is 35.9 Å². The molecular weight excluding hydrogens is 336 g/mol.